The zero-order chi connectivity index (χ0) is 28.9. The summed E-state index contributed by atoms with van der Waals surface area (Å²) in [4.78, 5) is 29.5. The van der Waals surface area contributed by atoms with Gasteiger partial charge in [-0.15, -0.1) is 0 Å². The van der Waals surface area contributed by atoms with Gasteiger partial charge in [0.1, 0.15) is 18.0 Å². The molecule has 40 heavy (non-hydrogen) atoms. The van der Waals surface area contributed by atoms with Crippen molar-refractivity contribution in [3.05, 3.63) is 95.2 Å². The maximum Gasteiger partial charge on any atom is 0.426 e. The van der Waals surface area contributed by atoms with E-state index in [0.29, 0.717) is 23.0 Å². The van der Waals surface area contributed by atoms with Crippen LogP contribution in [0, 0.1) is 6.92 Å². The normalized spacial score (nSPS) is 11.3. The van der Waals surface area contributed by atoms with Gasteiger partial charge in [-0.1, -0.05) is 50.2 Å². The van der Waals surface area contributed by atoms with E-state index < -0.39 is 11.7 Å². The quantitative estimate of drug-likeness (QED) is 0.202. The molecule has 0 atom stereocenters. The van der Waals surface area contributed by atoms with Crippen molar-refractivity contribution >= 4 is 34.3 Å². The third-order valence-electron chi connectivity index (χ3n) is 6.20. The van der Waals surface area contributed by atoms with Crippen molar-refractivity contribution in [2.75, 3.05) is 10.7 Å². The molecule has 0 saturated carbocycles. The number of carbonyl (C=O) groups excluding carboxylic acids is 2. The molecule has 208 valence electrons. The fourth-order valence-electron chi connectivity index (χ4n) is 4.37. The predicted octanol–water partition coefficient (Wildman–Crippen LogP) is 7.35. The average Bonchev–Trinajstić information content (AvgIpc) is 2.90. The smallest absolute Gasteiger partial charge is 0.426 e. The summed E-state index contributed by atoms with van der Waals surface area (Å²) in [5, 5.41) is 4.71. The zero-order valence-electron chi connectivity index (χ0n) is 23.8. The van der Waals surface area contributed by atoms with Gasteiger partial charge in [-0.25, -0.2) is 15.2 Å². The maximum atomic E-state index is 12.9. The number of anilines is 2. The van der Waals surface area contributed by atoms with E-state index in [-0.39, 0.29) is 12.5 Å². The molecule has 0 bridgehead atoms. The van der Waals surface area contributed by atoms with Gasteiger partial charge in [-0.05, 0) is 80.5 Å². The molecule has 1 heterocycles. The maximum absolute atomic E-state index is 12.9. The average molecular weight is 541 g/mol. The van der Waals surface area contributed by atoms with Crippen molar-refractivity contribution in [1.82, 2.24) is 10.4 Å². The fraction of sp³-hybridized carbons (Fsp3) is 0.281. The molecule has 0 aliphatic heterocycles. The standard InChI is InChI=1S/C32H36N4O4/c1-20(2)26-15-14-24(16-21(26)3)34-30(37)22-10-9-11-25(17-22)39-19-23-18-33-29(28-13-8-7-12-27(23)28)35-36-31(38)40-32(4,5)6/h7-18,20H,19H2,1-6H3,(H,33,35)(H,34,37)(H,36,38). The lowest BCUT2D eigenvalue weighted by molar-refractivity contribution is 0.0540. The third kappa shape index (κ3) is 7.28. The van der Waals surface area contributed by atoms with Gasteiger partial charge in [0.15, 0.2) is 5.82 Å². The van der Waals surface area contributed by atoms with Crippen molar-refractivity contribution in [3.63, 3.8) is 0 Å². The highest BCUT2D eigenvalue weighted by Gasteiger charge is 2.17. The minimum Gasteiger partial charge on any atom is -0.489 e. The highest BCUT2D eigenvalue weighted by molar-refractivity contribution is 6.04. The van der Waals surface area contributed by atoms with E-state index in [4.69, 9.17) is 9.47 Å². The van der Waals surface area contributed by atoms with Gasteiger partial charge in [-0.2, -0.15) is 0 Å². The van der Waals surface area contributed by atoms with Crippen LogP contribution in [0.4, 0.5) is 16.3 Å². The molecule has 8 heteroatoms. The number of fused-ring (bicyclic) bond motifs is 1. The largest absolute Gasteiger partial charge is 0.489 e. The molecule has 0 unspecified atom stereocenters. The molecule has 8 nitrogen and oxygen atoms in total. The van der Waals surface area contributed by atoms with Crippen molar-refractivity contribution in [3.8, 4) is 5.75 Å². The van der Waals surface area contributed by atoms with Crippen molar-refractivity contribution in [1.29, 1.82) is 0 Å². The highest BCUT2D eigenvalue weighted by atomic mass is 16.6. The van der Waals surface area contributed by atoms with Crippen LogP contribution < -0.4 is 20.9 Å². The topological polar surface area (TPSA) is 102 Å². The monoisotopic (exact) mass is 540 g/mol. The molecule has 0 spiro atoms. The first-order valence-corrected chi connectivity index (χ1v) is 13.3. The Labute approximate surface area is 235 Å². The second-order valence-electron chi connectivity index (χ2n) is 10.9. The summed E-state index contributed by atoms with van der Waals surface area (Å²) in [7, 11) is 0. The van der Waals surface area contributed by atoms with Crippen LogP contribution in [0.2, 0.25) is 0 Å². The van der Waals surface area contributed by atoms with Gasteiger partial charge in [0.25, 0.3) is 5.91 Å². The van der Waals surface area contributed by atoms with Crippen molar-refractivity contribution < 1.29 is 19.1 Å². The number of aromatic nitrogens is 1. The number of nitrogens with one attached hydrogen (secondary N) is 3. The van der Waals surface area contributed by atoms with E-state index in [0.717, 1.165) is 27.6 Å². The summed E-state index contributed by atoms with van der Waals surface area (Å²) in [6.07, 6.45) is 1.10. The number of pyridine rings is 1. The predicted molar refractivity (Wildman–Crippen MR) is 159 cm³/mol. The van der Waals surface area contributed by atoms with E-state index in [1.165, 1.54) is 5.56 Å². The summed E-state index contributed by atoms with van der Waals surface area (Å²) in [6, 6.07) is 20.8. The number of amides is 2. The fourth-order valence-corrected chi connectivity index (χ4v) is 4.37. The second-order valence-corrected chi connectivity index (χ2v) is 10.9. The first-order chi connectivity index (χ1) is 19.0. The molecule has 3 aromatic carbocycles. The second kappa shape index (κ2) is 12.1. The highest BCUT2D eigenvalue weighted by Crippen LogP contribution is 2.26. The lowest BCUT2D eigenvalue weighted by atomic mass is 9.97. The number of rotatable bonds is 8. The van der Waals surface area contributed by atoms with Gasteiger partial charge in [-0.3, -0.25) is 10.2 Å². The van der Waals surface area contributed by atoms with Crippen LogP contribution in [0.3, 0.4) is 0 Å². The molecule has 0 saturated heterocycles. The zero-order valence-corrected chi connectivity index (χ0v) is 23.8. The SMILES string of the molecule is Cc1cc(NC(=O)c2cccc(OCc3cnc(NNC(=O)OC(C)(C)C)c4ccccc34)c2)ccc1C(C)C. The van der Waals surface area contributed by atoms with Crippen molar-refractivity contribution in [2.45, 2.75) is 59.7 Å². The van der Waals surface area contributed by atoms with Crippen LogP contribution in [0.25, 0.3) is 10.8 Å². The summed E-state index contributed by atoms with van der Waals surface area (Å²) < 4.78 is 11.3. The van der Waals surface area contributed by atoms with Crippen LogP contribution in [0.15, 0.2) is 72.9 Å². The minimum atomic E-state index is -0.613. The number of nitrogens with zero attached hydrogens (tertiary/aromatic N) is 1. The Hall–Kier alpha value is -4.59. The number of hydrogen-bond acceptors (Lipinski definition) is 6. The lowest BCUT2D eigenvalue weighted by Crippen LogP contribution is -2.36. The Morgan fingerprint density at radius 3 is 2.40 bits per heavy atom. The Balaban J connectivity index is 1.44. The Morgan fingerprint density at radius 2 is 1.70 bits per heavy atom. The lowest BCUT2D eigenvalue weighted by Gasteiger charge is -2.20. The number of ether oxygens (including phenoxy) is 2. The summed E-state index contributed by atoms with van der Waals surface area (Å²) in [5.41, 5.74) is 9.27. The van der Waals surface area contributed by atoms with Gasteiger partial charge in [0.2, 0.25) is 0 Å². The number of hydrazine groups is 1. The molecule has 2 amide bonds. The van der Waals surface area contributed by atoms with E-state index in [2.05, 4.69) is 48.0 Å². The van der Waals surface area contributed by atoms with E-state index in [1.807, 2.05) is 42.5 Å². The minimum absolute atomic E-state index is 0.206. The first-order valence-electron chi connectivity index (χ1n) is 13.3. The molecule has 0 radical (unpaired) electrons. The summed E-state index contributed by atoms with van der Waals surface area (Å²) >= 11 is 0. The number of aryl methyl sites for hydroxylation is 1. The molecule has 4 rings (SSSR count). The van der Waals surface area contributed by atoms with Crippen LogP contribution in [0.1, 0.15) is 67.6 Å². The first kappa shape index (κ1) is 28.4. The number of benzene rings is 3. The van der Waals surface area contributed by atoms with Crippen LogP contribution in [-0.4, -0.2) is 22.6 Å². The van der Waals surface area contributed by atoms with Crippen LogP contribution in [-0.2, 0) is 11.3 Å². The molecule has 1 aromatic heterocycles. The number of carbonyl (C=O) groups is 2. The number of hydrogen-bond donors (Lipinski definition) is 3. The summed E-state index contributed by atoms with van der Waals surface area (Å²) in [6.45, 7) is 12.0. The summed E-state index contributed by atoms with van der Waals surface area (Å²) in [5.74, 6) is 1.27. The Morgan fingerprint density at radius 1 is 0.950 bits per heavy atom. The Bertz CT molecular complexity index is 1530. The molecular weight excluding hydrogens is 504 g/mol. The van der Waals surface area contributed by atoms with Crippen LogP contribution >= 0.6 is 0 Å². The third-order valence-corrected chi connectivity index (χ3v) is 6.20. The molecule has 4 aromatic rings. The molecule has 3 N–H and O–H groups in total. The molecular formula is C32H36N4O4. The molecule has 0 aliphatic rings. The Kier molecular flexibility index (Phi) is 8.58. The van der Waals surface area contributed by atoms with Gasteiger partial charge in [0, 0.05) is 28.4 Å². The van der Waals surface area contributed by atoms with Gasteiger partial charge in [0.05, 0.1) is 0 Å². The van der Waals surface area contributed by atoms with Crippen LogP contribution in [0.5, 0.6) is 5.75 Å². The van der Waals surface area contributed by atoms with Crippen molar-refractivity contribution in [2.24, 2.45) is 0 Å². The molecule has 0 aliphatic carbocycles. The van der Waals surface area contributed by atoms with E-state index >= 15 is 0 Å². The van der Waals surface area contributed by atoms with Gasteiger partial charge >= 0.3 is 6.09 Å². The van der Waals surface area contributed by atoms with Gasteiger partial charge < -0.3 is 14.8 Å². The van der Waals surface area contributed by atoms with E-state index in [9.17, 15) is 9.59 Å². The molecule has 0 fully saturated rings. The van der Waals surface area contributed by atoms with E-state index in [1.54, 1.807) is 45.2 Å².